The normalized spacial score (nSPS) is 17.4. The van der Waals surface area contributed by atoms with Crippen LogP contribution in [-0.4, -0.2) is 103 Å². The van der Waals surface area contributed by atoms with Crippen molar-refractivity contribution in [2.24, 2.45) is 5.92 Å². The summed E-state index contributed by atoms with van der Waals surface area (Å²) in [5.41, 5.74) is 3.69. The summed E-state index contributed by atoms with van der Waals surface area (Å²) in [5, 5.41) is 0.872. The Bertz CT molecular complexity index is 2740. The zero-order valence-corrected chi connectivity index (χ0v) is 36.8. The molecule has 1 aliphatic carbocycles. The van der Waals surface area contributed by atoms with Crippen LogP contribution in [0.4, 0.5) is 11.6 Å². The first-order chi connectivity index (χ1) is 29.9. The Hall–Kier alpha value is -5.86. The molecule has 3 fully saturated rings. The molecule has 0 spiro atoms. The van der Waals surface area contributed by atoms with Crippen LogP contribution in [0.3, 0.4) is 0 Å². The van der Waals surface area contributed by atoms with E-state index in [9.17, 15) is 9.59 Å². The van der Waals surface area contributed by atoms with Crippen molar-refractivity contribution < 1.29 is 18.3 Å². The quantitative estimate of drug-likeness (QED) is 0.115. The molecule has 0 unspecified atom stereocenters. The zero-order chi connectivity index (χ0) is 43.2. The van der Waals surface area contributed by atoms with Crippen LogP contribution in [0.5, 0.6) is 11.5 Å². The van der Waals surface area contributed by atoms with E-state index in [1.807, 2.05) is 58.0 Å². The van der Waals surface area contributed by atoms with E-state index in [-0.39, 0.29) is 30.2 Å². The first kappa shape index (κ1) is 41.5. The summed E-state index contributed by atoms with van der Waals surface area (Å²) >= 11 is 0. The molecular weight excluding hydrogens is 785 g/mol. The summed E-state index contributed by atoms with van der Waals surface area (Å²) in [4.78, 5) is 56.5. The molecule has 324 valence electrons. The van der Waals surface area contributed by atoms with Gasteiger partial charge in [0.2, 0.25) is 11.8 Å². The number of anilines is 2. The van der Waals surface area contributed by atoms with E-state index in [0.29, 0.717) is 56.3 Å². The van der Waals surface area contributed by atoms with Crippen molar-refractivity contribution in [3.05, 3.63) is 92.4 Å². The average molecular weight is 841 g/mol. The van der Waals surface area contributed by atoms with E-state index in [2.05, 4.69) is 33.7 Å². The molecule has 0 bridgehead atoms. The van der Waals surface area contributed by atoms with Gasteiger partial charge in [-0.25, -0.2) is 29.5 Å². The van der Waals surface area contributed by atoms with Crippen LogP contribution in [0.15, 0.2) is 73.3 Å². The van der Waals surface area contributed by atoms with Gasteiger partial charge in [0.15, 0.2) is 0 Å². The van der Waals surface area contributed by atoms with Crippen LogP contribution in [0, 0.1) is 5.92 Å². The standard InChI is InChI=1S/C48H56N8O6/c1-28(2)36-20-33(59-7)22-39-41(36)48(58)62-46(52-39)38-19-31(24-50-44(38)56-14-12-32(26-56)53(5)6)27-60-34-21-37(29(3)4)42-40(23-34)51-45(61-47(42)57)35-9-8-13-49-43(35)55-17-15-54(16-18-55)25-30-10-11-30/h8-9,13,19-24,28-30,32H,10-12,14-18,25-27H2,1-7H3/t32-/m0/s1. The number of hydrogen-bond acceptors (Lipinski definition) is 14. The van der Waals surface area contributed by atoms with Crippen LogP contribution in [0.1, 0.15) is 75.5 Å². The molecule has 6 aromatic rings. The molecule has 1 saturated carbocycles. The summed E-state index contributed by atoms with van der Waals surface area (Å²) in [5.74, 6) is 3.89. The highest BCUT2D eigenvalue weighted by Gasteiger charge is 2.30. The van der Waals surface area contributed by atoms with Gasteiger partial charge in [-0.3, -0.25) is 4.90 Å². The molecule has 14 nitrogen and oxygen atoms in total. The van der Waals surface area contributed by atoms with Gasteiger partial charge in [0.05, 0.1) is 40.0 Å². The number of likely N-dealkylation sites (N-methyl/N-ethyl adjacent to an activating group) is 1. The fraction of sp³-hybridized carbons (Fsp3) is 0.458. The Morgan fingerprint density at radius 3 is 2.00 bits per heavy atom. The van der Waals surface area contributed by atoms with Crippen LogP contribution in [0.25, 0.3) is 44.7 Å². The second-order valence-corrected chi connectivity index (χ2v) is 17.9. The van der Waals surface area contributed by atoms with E-state index in [0.717, 1.165) is 74.1 Å². The number of methoxy groups -OCH3 is 1. The molecule has 2 aliphatic heterocycles. The zero-order valence-electron chi connectivity index (χ0n) is 36.8. The number of aromatic nitrogens is 4. The molecule has 0 radical (unpaired) electrons. The summed E-state index contributed by atoms with van der Waals surface area (Å²) < 4.78 is 24.2. The van der Waals surface area contributed by atoms with Crippen molar-refractivity contribution in [3.8, 4) is 34.4 Å². The maximum Gasteiger partial charge on any atom is 0.347 e. The van der Waals surface area contributed by atoms with Gasteiger partial charge in [-0.05, 0) is 92.6 Å². The Kier molecular flexibility index (Phi) is 11.5. The smallest absolute Gasteiger partial charge is 0.347 e. The maximum atomic E-state index is 13.8. The van der Waals surface area contributed by atoms with Gasteiger partial charge < -0.3 is 33.0 Å². The number of piperazine rings is 1. The van der Waals surface area contributed by atoms with E-state index >= 15 is 0 Å². The Balaban J connectivity index is 1.05. The molecular formula is C48H56N8O6. The molecule has 0 N–H and O–H groups in total. The van der Waals surface area contributed by atoms with Gasteiger partial charge >= 0.3 is 11.3 Å². The highest BCUT2D eigenvalue weighted by Crippen LogP contribution is 2.37. The average Bonchev–Trinajstić information content (AvgIpc) is 3.94. The molecule has 6 heterocycles. The largest absolute Gasteiger partial charge is 0.497 e. The Morgan fingerprint density at radius 2 is 1.39 bits per heavy atom. The van der Waals surface area contributed by atoms with Crippen LogP contribution >= 0.6 is 0 Å². The van der Waals surface area contributed by atoms with Crippen LogP contribution < -0.4 is 30.5 Å². The lowest BCUT2D eigenvalue weighted by Crippen LogP contribution is -2.47. The molecule has 3 aliphatic rings. The van der Waals surface area contributed by atoms with Gasteiger partial charge in [0, 0.05) is 81.9 Å². The van der Waals surface area contributed by atoms with Crippen molar-refractivity contribution in [2.75, 3.05) is 76.8 Å². The second-order valence-electron chi connectivity index (χ2n) is 17.9. The lowest BCUT2D eigenvalue weighted by molar-refractivity contribution is 0.247. The molecule has 9 rings (SSSR count). The van der Waals surface area contributed by atoms with Gasteiger partial charge in [-0.2, -0.15) is 0 Å². The summed E-state index contributed by atoms with van der Waals surface area (Å²) in [6, 6.07) is 13.4. The van der Waals surface area contributed by atoms with Gasteiger partial charge in [-0.15, -0.1) is 0 Å². The van der Waals surface area contributed by atoms with Gasteiger partial charge in [-0.1, -0.05) is 27.7 Å². The third-order valence-electron chi connectivity index (χ3n) is 12.6. The van der Waals surface area contributed by atoms with Gasteiger partial charge in [0.1, 0.15) is 29.7 Å². The number of pyridine rings is 2. The van der Waals surface area contributed by atoms with Crippen molar-refractivity contribution >= 4 is 33.4 Å². The molecule has 0 amide bonds. The molecule has 62 heavy (non-hydrogen) atoms. The predicted octanol–water partition coefficient (Wildman–Crippen LogP) is 7.32. The van der Waals surface area contributed by atoms with E-state index < -0.39 is 11.3 Å². The monoisotopic (exact) mass is 840 g/mol. The highest BCUT2D eigenvalue weighted by molar-refractivity contribution is 5.86. The fourth-order valence-corrected chi connectivity index (χ4v) is 8.88. The van der Waals surface area contributed by atoms with Crippen molar-refractivity contribution in [2.45, 2.75) is 71.4 Å². The number of hydrogen-bond donors (Lipinski definition) is 0. The summed E-state index contributed by atoms with van der Waals surface area (Å²) in [6.45, 7) is 14.6. The first-order valence-electron chi connectivity index (χ1n) is 21.9. The lowest BCUT2D eigenvalue weighted by Gasteiger charge is -2.36. The minimum Gasteiger partial charge on any atom is -0.497 e. The Morgan fingerprint density at radius 1 is 0.758 bits per heavy atom. The van der Waals surface area contributed by atoms with Crippen molar-refractivity contribution in [1.29, 1.82) is 0 Å². The SMILES string of the molecule is COc1cc(C(C)C)c2c(=O)oc(-c3cc(COc4cc(C(C)C)c5c(=O)oc(-c6cccnc6N6CCN(CC7CC7)CC6)nc5c4)cnc3N3CC[C@H](N(C)C)C3)nc2c1. The molecule has 4 aromatic heterocycles. The lowest BCUT2D eigenvalue weighted by atomic mass is 9.98. The van der Waals surface area contributed by atoms with Crippen molar-refractivity contribution in [3.63, 3.8) is 0 Å². The molecule has 2 saturated heterocycles. The van der Waals surface area contributed by atoms with E-state index in [1.165, 1.54) is 19.4 Å². The second kappa shape index (κ2) is 17.1. The topological polar surface area (TPSA) is 143 Å². The highest BCUT2D eigenvalue weighted by atomic mass is 16.5. The van der Waals surface area contributed by atoms with Crippen LogP contribution in [0.2, 0.25) is 0 Å². The fourth-order valence-electron chi connectivity index (χ4n) is 8.88. The summed E-state index contributed by atoms with van der Waals surface area (Å²) in [6.07, 6.45) is 7.22. The minimum atomic E-state index is -0.463. The van der Waals surface area contributed by atoms with Crippen LogP contribution in [-0.2, 0) is 6.61 Å². The molecule has 2 aromatic carbocycles. The number of fused-ring (bicyclic) bond motifs is 2. The maximum absolute atomic E-state index is 13.8. The van der Waals surface area contributed by atoms with Gasteiger partial charge in [0.25, 0.3) is 0 Å². The third kappa shape index (κ3) is 8.37. The predicted molar refractivity (Wildman–Crippen MR) is 242 cm³/mol. The number of rotatable bonds is 13. The number of ether oxygens (including phenoxy) is 2. The third-order valence-corrected chi connectivity index (χ3v) is 12.6. The van der Waals surface area contributed by atoms with E-state index in [1.54, 1.807) is 31.6 Å². The number of benzene rings is 2. The Labute approximate surface area is 361 Å². The molecule has 14 heteroatoms. The molecule has 1 atom stereocenters. The first-order valence-corrected chi connectivity index (χ1v) is 21.9. The van der Waals surface area contributed by atoms with Crippen molar-refractivity contribution in [1.82, 2.24) is 29.7 Å². The number of nitrogens with zero attached hydrogens (tertiary/aromatic N) is 8. The minimum absolute atomic E-state index is 0.0202. The summed E-state index contributed by atoms with van der Waals surface area (Å²) in [7, 11) is 5.78. The van der Waals surface area contributed by atoms with E-state index in [4.69, 9.17) is 38.2 Å².